The van der Waals surface area contributed by atoms with Gasteiger partial charge < -0.3 is 4.57 Å². The highest BCUT2D eigenvalue weighted by Crippen LogP contribution is 2.37. The fourth-order valence-corrected chi connectivity index (χ4v) is 4.00. The monoisotopic (exact) mass is 426 g/mol. The maximum Gasteiger partial charge on any atom is 0.416 e. The van der Waals surface area contributed by atoms with Gasteiger partial charge in [0.1, 0.15) is 5.82 Å². The molecule has 0 aliphatic heterocycles. The third kappa shape index (κ3) is 3.78. The van der Waals surface area contributed by atoms with Crippen molar-refractivity contribution >= 4 is 39.8 Å². The van der Waals surface area contributed by atoms with E-state index in [9.17, 15) is 13.2 Å². The lowest BCUT2D eigenvalue weighted by Crippen LogP contribution is -2.07. The van der Waals surface area contributed by atoms with E-state index in [2.05, 4.69) is 18.0 Å². The maximum atomic E-state index is 13.0. The Morgan fingerprint density at radius 1 is 1.18 bits per heavy atom. The molecule has 3 rings (SSSR count). The molecule has 0 saturated heterocycles. The summed E-state index contributed by atoms with van der Waals surface area (Å²) in [6, 6.07) is 7.73. The first-order valence-electron chi connectivity index (χ1n) is 8.82. The Morgan fingerprint density at radius 3 is 2.36 bits per heavy atom. The predicted molar refractivity (Wildman–Crippen MR) is 109 cm³/mol. The molecule has 0 unspecified atom stereocenters. The summed E-state index contributed by atoms with van der Waals surface area (Å²) in [7, 11) is 1.89. The zero-order valence-electron chi connectivity index (χ0n) is 15.7. The Bertz CT molecular complexity index is 1040. The van der Waals surface area contributed by atoms with Crippen LogP contribution in [0, 0.1) is 0 Å². The van der Waals surface area contributed by atoms with Crippen LogP contribution in [0.5, 0.6) is 0 Å². The van der Waals surface area contributed by atoms with E-state index in [0.29, 0.717) is 11.4 Å². The second-order valence-electron chi connectivity index (χ2n) is 6.52. The largest absolute Gasteiger partial charge is 0.416 e. The SMILES string of the molecule is C/C=C(\CC)c1cccc2nc(Cc3c(Cl)cc(C(F)(F)F)cc3Cl)n(C)c12. The number of aromatic nitrogens is 2. The van der Waals surface area contributed by atoms with Crippen LogP contribution < -0.4 is 0 Å². The number of halogens is 5. The van der Waals surface area contributed by atoms with Gasteiger partial charge in [-0.25, -0.2) is 4.98 Å². The summed E-state index contributed by atoms with van der Waals surface area (Å²) in [4.78, 5) is 4.67. The van der Waals surface area contributed by atoms with Crippen molar-refractivity contribution in [1.29, 1.82) is 0 Å². The number of benzene rings is 2. The van der Waals surface area contributed by atoms with Crippen LogP contribution in [-0.4, -0.2) is 9.55 Å². The fourth-order valence-electron chi connectivity index (χ4n) is 3.38. The topological polar surface area (TPSA) is 17.8 Å². The quantitative estimate of drug-likeness (QED) is 0.427. The van der Waals surface area contributed by atoms with Gasteiger partial charge in [0.25, 0.3) is 0 Å². The van der Waals surface area contributed by atoms with Crippen LogP contribution in [0.3, 0.4) is 0 Å². The number of alkyl halides is 3. The lowest BCUT2D eigenvalue weighted by atomic mass is 10.0. The predicted octanol–water partition coefficient (Wildman–Crippen LogP) is 7.30. The van der Waals surface area contributed by atoms with Crippen LogP contribution in [0.2, 0.25) is 10.0 Å². The molecule has 0 aliphatic rings. The molecule has 0 N–H and O–H groups in total. The third-order valence-corrected chi connectivity index (χ3v) is 5.54. The summed E-state index contributed by atoms with van der Waals surface area (Å²) >= 11 is 12.3. The first-order chi connectivity index (χ1) is 13.2. The highest BCUT2D eigenvalue weighted by atomic mass is 35.5. The molecule has 28 heavy (non-hydrogen) atoms. The van der Waals surface area contributed by atoms with Crippen LogP contribution in [-0.2, 0) is 19.6 Å². The van der Waals surface area contributed by atoms with Gasteiger partial charge in [0.2, 0.25) is 0 Å². The van der Waals surface area contributed by atoms with Gasteiger partial charge in [-0.15, -0.1) is 0 Å². The van der Waals surface area contributed by atoms with Gasteiger partial charge in [-0.3, -0.25) is 0 Å². The Labute approximate surface area is 171 Å². The van der Waals surface area contributed by atoms with Crippen molar-refractivity contribution in [3.63, 3.8) is 0 Å². The van der Waals surface area contributed by atoms with E-state index >= 15 is 0 Å². The summed E-state index contributed by atoms with van der Waals surface area (Å²) in [6.07, 6.45) is -1.31. The molecule has 2 nitrogen and oxygen atoms in total. The summed E-state index contributed by atoms with van der Waals surface area (Å²) in [5.74, 6) is 0.678. The fraction of sp³-hybridized carbons (Fsp3) is 0.286. The Morgan fingerprint density at radius 2 is 1.82 bits per heavy atom. The Hall–Kier alpha value is -1.98. The minimum absolute atomic E-state index is 0.0187. The molecule has 148 valence electrons. The summed E-state index contributed by atoms with van der Waals surface area (Å²) in [5, 5.41) is -0.0374. The van der Waals surface area contributed by atoms with Gasteiger partial charge in [-0.1, -0.05) is 48.3 Å². The molecule has 0 bridgehead atoms. The van der Waals surface area contributed by atoms with E-state index in [4.69, 9.17) is 23.2 Å². The zero-order chi connectivity index (χ0) is 20.6. The normalized spacial score (nSPS) is 12.8. The van der Waals surface area contributed by atoms with E-state index in [1.165, 1.54) is 5.57 Å². The number of nitrogens with zero attached hydrogens (tertiary/aromatic N) is 2. The van der Waals surface area contributed by atoms with Crippen molar-refractivity contribution in [2.45, 2.75) is 32.9 Å². The number of fused-ring (bicyclic) bond motifs is 1. The average Bonchev–Trinajstić information content (AvgIpc) is 2.95. The van der Waals surface area contributed by atoms with Crippen molar-refractivity contribution in [3.05, 3.63) is 69.0 Å². The standard InChI is InChI=1S/C21H19Cl2F3N2/c1-4-12(5-2)14-7-6-8-18-20(14)28(3)19(27-18)11-15-16(22)9-13(10-17(15)23)21(24,25)26/h4,6-10H,5,11H2,1-3H3/b12-4+. The van der Waals surface area contributed by atoms with Crippen LogP contribution in [0.25, 0.3) is 16.6 Å². The second kappa shape index (κ2) is 7.80. The van der Waals surface area contributed by atoms with Gasteiger partial charge in [0, 0.05) is 29.1 Å². The Balaban J connectivity index is 2.10. The van der Waals surface area contributed by atoms with E-state index < -0.39 is 11.7 Å². The molecule has 0 fully saturated rings. The summed E-state index contributed by atoms with van der Waals surface area (Å²) in [6.45, 7) is 4.09. The van der Waals surface area contributed by atoms with Crippen molar-refractivity contribution < 1.29 is 13.2 Å². The van der Waals surface area contributed by atoms with Gasteiger partial charge in [-0.05, 0) is 42.7 Å². The minimum atomic E-state index is -4.50. The molecule has 0 saturated carbocycles. The van der Waals surface area contributed by atoms with Crippen molar-refractivity contribution in [3.8, 4) is 0 Å². The highest BCUT2D eigenvalue weighted by Gasteiger charge is 2.32. The molecule has 3 aromatic rings. The molecule has 0 radical (unpaired) electrons. The van der Waals surface area contributed by atoms with E-state index in [0.717, 1.165) is 35.2 Å². The molecular formula is C21H19Cl2F3N2. The number of hydrogen-bond donors (Lipinski definition) is 0. The van der Waals surface area contributed by atoms with Crippen molar-refractivity contribution in [2.75, 3.05) is 0 Å². The summed E-state index contributed by atoms with van der Waals surface area (Å²) in [5.41, 5.74) is 3.66. The van der Waals surface area contributed by atoms with Crippen molar-refractivity contribution in [1.82, 2.24) is 9.55 Å². The lowest BCUT2D eigenvalue weighted by molar-refractivity contribution is -0.137. The highest BCUT2D eigenvalue weighted by molar-refractivity contribution is 6.36. The molecule has 7 heteroatoms. The average molecular weight is 427 g/mol. The maximum absolute atomic E-state index is 13.0. The number of allylic oxidation sites excluding steroid dienone is 2. The molecule has 2 aromatic carbocycles. The molecule has 1 heterocycles. The van der Waals surface area contributed by atoms with Crippen LogP contribution in [0.1, 0.15) is 42.8 Å². The number of rotatable bonds is 4. The van der Waals surface area contributed by atoms with E-state index in [-0.39, 0.29) is 16.5 Å². The van der Waals surface area contributed by atoms with Gasteiger partial charge in [0.05, 0.1) is 16.6 Å². The van der Waals surface area contributed by atoms with Crippen LogP contribution >= 0.6 is 23.2 Å². The van der Waals surface area contributed by atoms with Crippen LogP contribution in [0.4, 0.5) is 13.2 Å². The number of para-hydroxylation sites is 1. The summed E-state index contributed by atoms with van der Waals surface area (Å²) < 4.78 is 40.8. The van der Waals surface area contributed by atoms with Gasteiger partial charge >= 0.3 is 6.18 Å². The molecule has 0 aliphatic carbocycles. The van der Waals surface area contributed by atoms with E-state index in [1.54, 1.807) is 0 Å². The lowest BCUT2D eigenvalue weighted by Gasteiger charge is -2.13. The number of hydrogen-bond acceptors (Lipinski definition) is 1. The smallest absolute Gasteiger partial charge is 0.330 e. The number of imidazole rings is 1. The first-order valence-corrected chi connectivity index (χ1v) is 9.57. The zero-order valence-corrected chi connectivity index (χ0v) is 17.2. The first kappa shape index (κ1) is 20.7. The molecule has 0 spiro atoms. The van der Waals surface area contributed by atoms with Crippen molar-refractivity contribution in [2.24, 2.45) is 7.05 Å². The third-order valence-electron chi connectivity index (χ3n) is 4.87. The number of aryl methyl sites for hydroxylation is 1. The molecule has 0 atom stereocenters. The molecule has 1 aromatic heterocycles. The van der Waals surface area contributed by atoms with Gasteiger partial charge in [0.15, 0.2) is 0 Å². The van der Waals surface area contributed by atoms with E-state index in [1.807, 2.05) is 36.7 Å². The van der Waals surface area contributed by atoms with Gasteiger partial charge in [-0.2, -0.15) is 13.2 Å². The second-order valence-corrected chi connectivity index (χ2v) is 7.34. The minimum Gasteiger partial charge on any atom is -0.330 e. The Kier molecular flexibility index (Phi) is 5.78. The molecule has 0 amide bonds. The molecular weight excluding hydrogens is 408 g/mol. The van der Waals surface area contributed by atoms with Crippen LogP contribution in [0.15, 0.2) is 36.4 Å².